The first-order valence-corrected chi connectivity index (χ1v) is 7.04. The zero-order valence-electron chi connectivity index (χ0n) is 10.2. The molecule has 1 N–H and O–H groups in total. The van der Waals surface area contributed by atoms with Crippen molar-refractivity contribution in [1.82, 2.24) is 18.9 Å². The summed E-state index contributed by atoms with van der Waals surface area (Å²) in [4.78, 5) is 4.16. The van der Waals surface area contributed by atoms with Gasteiger partial charge in [0, 0.05) is 33.0 Å². The molecule has 0 bridgehead atoms. The minimum Gasteiger partial charge on any atom is -0.367 e. The zero-order chi connectivity index (χ0) is 13.2. The minimum atomic E-state index is -3.19. The molecule has 0 saturated carbocycles. The van der Waals surface area contributed by atoms with Crippen molar-refractivity contribution in [3.05, 3.63) is 24.7 Å². The van der Waals surface area contributed by atoms with Crippen LogP contribution >= 0.6 is 0 Å². The molecule has 0 aliphatic carbocycles. The highest BCUT2D eigenvalue weighted by molar-refractivity contribution is 7.89. The van der Waals surface area contributed by atoms with Crippen LogP contribution in [0, 0.1) is 0 Å². The van der Waals surface area contributed by atoms with Crippen LogP contribution in [0.3, 0.4) is 0 Å². The Morgan fingerprint density at radius 2 is 2.17 bits per heavy atom. The molecule has 0 aromatic carbocycles. The van der Waals surface area contributed by atoms with Crippen molar-refractivity contribution >= 4 is 21.4 Å². The van der Waals surface area contributed by atoms with Crippen LogP contribution in [0.5, 0.6) is 0 Å². The second-order valence-corrected chi connectivity index (χ2v) is 6.26. The Labute approximate surface area is 105 Å². The van der Waals surface area contributed by atoms with Crippen molar-refractivity contribution in [2.24, 2.45) is 0 Å². The van der Waals surface area contributed by atoms with E-state index in [-0.39, 0.29) is 5.75 Å². The van der Waals surface area contributed by atoms with Crippen LogP contribution in [0.25, 0.3) is 5.52 Å². The van der Waals surface area contributed by atoms with Gasteiger partial charge in [0.05, 0.1) is 11.9 Å². The molecule has 2 aromatic heterocycles. The molecule has 0 saturated heterocycles. The van der Waals surface area contributed by atoms with Gasteiger partial charge in [-0.2, -0.15) is 5.10 Å². The second-order valence-electron chi connectivity index (χ2n) is 3.96. The van der Waals surface area contributed by atoms with E-state index >= 15 is 0 Å². The van der Waals surface area contributed by atoms with Gasteiger partial charge >= 0.3 is 0 Å². The lowest BCUT2D eigenvalue weighted by atomic mass is 10.4. The molecule has 8 heteroatoms. The van der Waals surface area contributed by atoms with Crippen LogP contribution in [0.2, 0.25) is 0 Å². The summed E-state index contributed by atoms with van der Waals surface area (Å²) in [5.74, 6) is 0.653. The van der Waals surface area contributed by atoms with Gasteiger partial charge in [-0.25, -0.2) is 22.2 Å². The summed E-state index contributed by atoms with van der Waals surface area (Å²) in [5, 5.41) is 7.08. The maximum atomic E-state index is 11.6. The van der Waals surface area contributed by atoms with Crippen LogP contribution < -0.4 is 5.32 Å². The fourth-order valence-electron chi connectivity index (χ4n) is 1.47. The Hall–Kier alpha value is -1.67. The number of hydrogen-bond donors (Lipinski definition) is 1. The van der Waals surface area contributed by atoms with E-state index in [1.807, 2.05) is 6.07 Å². The molecule has 0 aliphatic rings. The van der Waals surface area contributed by atoms with Crippen LogP contribution in [0.15, 0.2) is 24.7 Å². The summed E-state index contributed by atoms with van der Waals surface area (Å²) < 4.78 is 26.1. The quantitative estimate of drug-likeness (QED) is 0.828. The van der Waals surface area contributed by atoms with Crippen LogP contribution in [-0.4, -0.2) is 53.7 Å². The maximum absolute atomic E-state index is 11.6. The lowest BCUT2D eigenvalue weighted by Crippen LogP contribution is -2.28. The summed E-state index contributed by atoms with van der Waals surface area (Å²) in [6, 6.07) is 1.82. The number of nitrogens with zero attached hydrogens (tertiary/aromatic N) is 4. The normalized spacial score (nSPS) is 12.2. The van der Waals surface area contributed by atoms with Gasteiger partial charge < -0.3 is 5.32 Å². The lowest BCUT2D eigenvalue weighted by Gasteiger charge is -2.12. The first kappa shape index (κ1) is 12.8. The van der Waals surface area contributed by atoms with Crippen molar-refractivity contribution in [3.8, 4) is 0 Å². The number of aromatic nitrogens is 3. The van der Waals surface area contributed by atoms with Gasteiger partial charge in [-0.3, -0.25) is 0 Å². The third kappa shape index (κ3) is 2.59. The topological polar surface area (TPSA) is 79.6 Å². The molecule has 18 heavy (non-hydrogen) atoms. The molecule has 0 aliphatic heterocycles. The van der Waals surface area contributed by atoms with E-state index in [1.165, 1.54) is 18.4 Å². The zero-order valence-corrected chi connectivity index (χ0v) is 11.1. The van der Waals surface area contributed by atoms with E-state index in [4.69, 9.17) is 0 Å². The molecule has 0 fully saturated rings. The number of fused-ring (bicyclic) bond motifs is 1. The number of nitrogens with one attached hydrogen (secondary N) is 1. The summed E-state index contributed by atoms with van der Waals surface area (Å²) in [7, 11) is -0.149. The molecular formula is C10H15N5O2S. The van der Waals surface area contributed by atoms with Gasteiger partial charge in [-0.15, -0.1) is 0 Å². The van der Waals surface area contributed by atoms with E-state index in [2.05, 4.69) is 15.4 Å². The van der Waals surface area contributed by atoms with Crippen molar-refractivity contribution in [2.75, 3.05) is 31.7 Å². The molecule has 7 nitrogen and oxygen atoms in total. The molecule has 0 spiro atoms. The number of rotatable bonds is 5. The summed E-state index contributed by atoms with van der Waals surface area (Å²) in [6.07, 6.45) is 5.01. The van der Waals surface area contributed by atoms with Gasteiger partial charge in [0.2, 0.25) is 10.0 Å². The Morgan fingerprint density at radius 1 is 1.39 bits per heavy atom. The van der Waals surface area contributed by atoms with E-state index in [1.54, 1.807) is 23.1 Å². The predicted octanol–water partition coefficient (Wildman–Crippen LogP) is 0.0326. The van der Waals surface area contributed by atoms with Crippen LogP contribution in [0.1, 0.15) is 0 Å². The molecule has 2 heterocycles. The van der Waals surface area contributed by atoms with Gasteiger partial charge in [0.25, 0.3) is 0 Å². The molecule has 0 atom stereocenters. The van der Waals surface area contributed by atoms with E-state index in [0.29, 0.717) is 12.4 Å². The molecular weight excluding hydrogens is 254 g/mol. The highest BCUT2D eigenvalue weighted by Crippen LogP contribution is 2.11. The first-order chi connectivity index (χ1) is 8.50. The fourth-order valence-corrected chi connectivity index (χ4v) is 2.20. The van der Waals surface area contributed by atoms with Gasteiger partial charge in [-0.05, 0) is 6.07 Å². The fraction of sp³-hybridized carbons (Fsp3) is 0.400. The Bertz CT molecular complexity index is 635. The molecule has 98 valence electrons. The smallest absolute Gasteiger partial charge is 0.215 e. The molecule has 0 amide bonds. The van der Waals surface area contributed by atoms with E-state index in [0.717, 1.165) is 5.52 Å². The largest absolute Gasteiger partial charge is 0.367 e. The third-order valence-corrected chi connectivity index (χ3v) is 4.37. The highest BCUT2D eigenvalue weighted by Gasteiger charge is 2.13. The van der Waals surface area contributed by atoms with Crippen molar-refractivity contribution in [2.45, 2.75) is 0 Å². The molecule has 2 aromatic rings. The molecule has 0 unspecified atom stereocenters. The SMILES string of the molecule is CN(C)S(=O)(=O)CCNc1nccn2nccc12. The maximum Gasteiger partial charge on any atom is 0.215 e. The standard InChI is InChI=1S/C10H15N5O2S/c1-14(2)18(16,17)8-6-12-10-9-3-4-13-15(9)7-5-11-10/h3-5,7H,6,8H2,1-2H3,(H,11,12). The first-order valence-electron chi connectivity index (χ1n) is 5.43. The second kappa shape index (κ2) is 4.91. The summed E-state index contributed by atoms with van der Waals surface area (Å²) in [5.41, 5.74) is 0.819. The van der Waals surface area contributed by atoms with Crippen LogP contribution in [0.4, 0.5) is 5.82 Å². The van der Waals surface area contributed by atoms with Crippen molar-refractivity contribution in [1.29, 1.82) is 0 Å². The van der Waals surface area contributed by atoms with Gasteiger partial charge in [0.1, 0.15) is 5.52 Å². The van der Waals surface area contributed by atoms with Crippen LogP contribution in [-0.2, 0) is 10.0 Å². The van der Waals surface area contributed by atoms with E-state index in [9.17, 15) is 8.42 Å². The van der Waals surface area contributed by atoms with Crippen molar-refractivity contribution < 1.29 is 8.42 Å². The third-order valence-electron chi connectivity index (χ3n) is 2.53. The minimum absolute atomic E-state index is 0.0247. The van der Waals surface area contributed by atoms with Gasteiger partial charge in [0.15, 0.2) is 5.82 Å². The Morgan fingerprint density at radius 3 is 2.89 bits per heavy atom. The molecule has 0 radical (unpaired) electrons. The monoisotopic (exact) mass is 269 g/mol. The number of sulfonamides is 1. The molecule has 2 rings (SSSR count). The highest BCUT2D eigenvalue weighted by atomic mass is 32.2. The Balaban J connectivity index is 2.05. The average Bonchev–Trinajstić information content (AvgIpc) is 2.77. The van der Waals surface area contributed by atoms with Crippen molar-refractivity contribution in [3.63, 3.8) is 0 Å². The Kier molecular flexibility index (Phi) is 3.48. The van der Waals surface area contributed by atoms with Gasteiger partial charge in [-0.1, -0.05) is 0 Å². The van der Waals surface area contributed by atoms with E-state index < -0.39 is 10.0 Å². The lowest BCUT2D eigenvalue weighted by molar-refractivity contribution is 0.521. The average molecular weight is 269 g/mol. The number of hydrogen-bond acceptors (Lipinski definition) is 5. The summed E-state index contributed by atoms with van der Waals surface area (Å²) >= 11 is 0. The number of anilines is 1. The summed E-state index contributed by atoms with van der Waals surface area (Å²) in [6.45, 7) is 0.304. The predicted molar refractivity (Wildman–Crippen MR) is 69.0 cm³/mol.